The zero-order chi connectivity index (χ0) is 82.6. The average Bonchev–Trinajstić information content (AvgIpc) is 1.47. The summed E-state index contributed by atoms with van der Waals surface area (Å²) < 4.78 is 0. The number of ketones is 1. The number of unbranched alkanes of at least 4 members (excludes halogenated alkanes) is 1. The number of aliphatic hydroxyl groups is 21. The predicted octanol–water partition coefficient (Wildman–Crippen LogP) is -4.98. The molecule has 0 radical (unpaired) electrons. The van der Waals surface area contributed by atoms with Gasteiger partial charge in [0.05, 0.1) is 194 Å². The summed E-state index contributed by atoms with van der Waals surface area (Å²) in [6.45, 7) is 17.3. The molecule has 0 aromatic rings. The van der Waals surface area contributed by atoms with E-state index in [0.717, 1.165) is 44.9 Å². The van der Waals surface area contributed by atoms with E-state index in [1.54, 1.807) is 102 Å². The first-order valence-electron chi connectivity index (χ1n) is 35.5. The van der Waals surface area contributed by atoms with Gasteiger partial charge in [-0.2, -0.15) is 0 Å². The van der Waals surface area contributed by atoms with E-state index in [9.17, 15) is 35.4 Å². The predicted molar refractivity (Wildman–Crippen MR) is 413 cm³/mol. The zero-order valence-electron chi connectivity index (χ0n) is 65.8. The molecule has 0 spiro atoms. The molecule has 103 heavy (non-hydrogen) atoms. The Bertz CT molecular complexity index is 1860. The van der Waals surface area contributed by atoms with Crippen LogP contribution in [0.4, 0.5) is 0 Å². The maximum absolute atomic E-state index is 10.6. The summed E-state index contributed by atoms with van der Waals surface area (Å²) >= 11 is 0. The van der Waals surface area contributed by atoms with E-state index in [0.29, 0.717) is 19.3 Å². The van der Waals surface area contributed by atoms with Crippen molar-refractivity contribution in [3.8, 4) is 0 Å². The van der Waals surface area contributed by atoms with Crippen LogP contribution in [0.3, 0.4) is 0 Å². The smallest absolute Gasteiger partial charge is 0.174 e. The lowest BCUT2D eigenvalue weighted by atomic mass is 10.0. The lowest BCUT2D eigenvalue weighted by molar-refractivity contribution is -0.116. The SMILES string of the molecule is C/C=C/C(=O)C(N)CO.C/C=C/C(O)C(CO)N(C)C.C/C=C/C(O)C(CO)NC.C/C=C/C(O)C(N)CO.C/C=C\CC/C=C/C(O)C(N)CO.CCC(O)C(O)C(CO)NC.CCC(O)C(O)C(N)CO.CCCC(O)C(CO)N(C)C.CCCC(O)C(CO)NC.CCCC(O)C(N)CO. The van der Waals surface area contributed by atoms with Gasteiger partial charge in [-0.25, -0.2) is 0 Å². The highest BCUT2D eigenvalue weighted by Crippen LogP contribution is 2.08. The Hall–Kier alpha value is -3.13. The Balaban J connectivity index is -0.000000117. The van der Waals surface area contributed by atoms with Gasteiger partial charge in [0.2, 0.25) is 0 Å². The van der Waals surface area contributed by atoms with Crippen LogP contribution < -0.4 is 44.6 Å². The van der Waals surface area contributed by atoms with E-state index < -0.39 is 103 Å². The molecular weight excluding hydrogens is 1340 g/mol. The van der Waals surface area contributed by atoms with Crippen molar-refractivity contribution in [3.05, 3.63) is 72.9 Å². The van der Waals surface area contributed by atoms with Crippen molar-refractivity contribution < 1.29 is 112 Å². The van der Waals surface area contributed by atoms with Crippen LogP contribution in [-0.4, -0.2) is 366 Å². The van der Waals surface area contributed by atoms with Gasteiger partial charge in [-0.3, -0.25) is 4.79 Å². The number of nitrogens with zero attached hydrogens (tertiary/aromatic N) is 2. The Kier molecular flexibility index (Phi) is 103. The Morgan fingerprint density at radius 3 is 1.04 bits per heavy atom. The molecule has 0 rings (SSSR count). The first-order valence-corrected chi connectivity index (χ1v) is 35.5. The molecule has 0 aliphatic heterocycles. The third-order valence-corrected chi connectivity index (χ3v) is 14.7. The molecule has 0 heterocycles. The second kappa shape index (κ2) is 87.8. The Morgan fingerprint density at radius 1 is 0.359 bits per heavy atom. The minimum Gasteiger partial charge on any atom is -0.395 e. The summed E-state index contributed by atoms with van der Waals surface area (Å²) in [6.07, 6.45) is 20.8. The van der Waals surface area contributed by atoms with Gasteiger partial charge < -0.3 is 162 Å². The maximum Gasteiger partial charge on any atom is 0.174 e. The molecule has 0 aromatic carbocycles. The second-order valence-electron chi connectivity index (χ2n) is 23.9. The van der Waals surface area contributed by atoms with E-state index in [-0.39, 0.29) is 96.0 Å². The van der Waals surface area contributed by atoms with Gasteiger partial charge >= 0.3 is 0 Å². The zero-order valence-corrected chi connectivity index (χ0v) is 65.8. The van der Waals surface area contributed by atoms with Crippen LogP contribution in [0.1, 0.15) is 133 Å². The molecule has 0 fully saturated rings. The summed E-state index contributed by atoms with van der Waals surface area (Å²) in [5.41, 5.74) is 26.3. The van der Waals surface area contributed by atoms with Gasteiger partial charge in [-0.05, 0) is 135 Å². The highest BCUT2D eigenvalue weighted by molar-refractivity contribution is 5.94. The molecule has 32 nitrogen and oxygen atoms in total. The third kappa shape index (κ3) is 75.5. The molecule has 624 valence electrons. The van der Waals surface area contributed by atoms with Crippen molar-refractivity contribution in [3.63, 3.8) is 0 Å². The van der Waals surface area contributed by atoms with Crippen LogP contribution in [0.5, 0.6) is 0 Å². The van der Waals surface area contributed by atoms with Crippen molar-refractivity contribution >= 4 is 5.78 Å². The first kappa shape index (κ1) is 121. The maximum atomic E-state index is 10.6. The number of hydrogen-bond donors (Lipinski definition) is 29. The van der Waals surface area contributed by atoms with Crippen molar-refractivity contribution in [2.75, 3.05) is 115 Å². The monoisotopic (exact) mass is 1500 g/mol. The molecule has 0 aliphatic carbocycles. The summed E-state index contributed by atoms with van der Waals surface area (Å²) in [5.74, 6) is -0.236. The van der Waals surface area contributed by atoms with E-state index in [2.05, 4.69) is 22.0 Å². The minimum atomic E-state index is -1.02. The van der Waals surface area contributed by atoms with Gasteiger partial charge in [-0.15, -0.1) is 0 Å². The molecule has 0 saturated carbocycles. The highest BCUT2D eigenvalue weighted by atomic mass is 16.3. The molecule has 21 unspecified atom stereocenters. The standard InChI is InChI=1S/C10H19NO2.C8H19NO2.C8H17NO2.C7H17NO3.C7H17NO2.C7H15NO2.C6H15NO3.C6H15NO2.C6H13NO2.C6H11NO2/c1-2-3-4-5-6-7-10(13)9(11)8-12;2*1-4-5-8(11)7(6-10)9(2)3;1-3-6(10)7(11)5(4-9)8-2;2*1-3-4-7(10)6(5-9)8-2;1-2-5(9)6(10)4(7)3-8;3*1-2-3-6(9)5(7)4-8/h2-3,6-7,9-10,12-13H,4-5,8,11H2,1H3;7-8,10-11H,4-6H2,1-3H3;4-5,7-8,10-11H,6H2,1-3H3;5-11H,3-4H2,1-2H3;6-10H,3-5H2,1-2H3;3-4,6-10H,5H2,1-2H3;4-6,8-10H,2-3,7H2,1H3;5-6,8-9H,2-4,7H2,1H3;2-3,5-6,8-9H,4,7H2,1H3;2-3,5,8H,4,7H2,1H3/b3-2-,7-6+;;5-4+;;;4-3+;;;2*3-2+. The van der Waals surface area contributed by atoms with Gasteiger partial charge in [0.15, 0.2) is 5.78 Å². The van der Waals surface area contributed by atoms with Crippen molar-refractivity contribution in [2.24, 2.45) is 28.7 Å². The summed E-state index contributed by atoms with van der Waals surface area (Å²) in [4.78, 5) is 14.2. The van der Waals surface area contributed by atoms with E-state index in [4.69, 9.17) is 105 Å². The lowest BCUT2D eigenvalue weighted by Gasteiger charge is -2.26. The molecule has 0 amide bonds. The minimum absolute atomic E-state index is 0.00231. The highest BCUT2D eigenvalue weighted by Gasteiger charge is 2.24. The average molecular weight is 1500 g/mol. The molecule has 21 atom stereocenters. The first-order chi connectivity index (χ1) is 48.4. The van der Waals surface area contributed by atoms with E-state index in [1.807, 2.05) is 86.8 Å². The van der Waals surface area contributed by atoms with Gasteiger partial charge in [0.1, 0.15) is 0 Å². The summed E-state index contributed by atoms with van der Waals surface area (Å²) in [5, 5.41) is 196. The van der Waals surface area contributed by atoms with Crippen molar-refractivity contribution in [1.82, 2.24) is 25.8 Å². The number of carbonyl (C=O) groups is 1. The quantitative estimate of drug-likeness (QED) is 0.0154. The molecule has 32 heteroatoms. The fourth-order valence-electron chi connectivity index (χ4n) is 7.44. The summed E-state index contributed by atoms with van der Waals surface area (Å²) in [7, 11) is 12.4. The van der Waals surface area contributed by atoms with Gasteiger partial charge in [0.25, 0.3) is 0 Å². The Morgan fingerprint density at radius 2 is 0.718 bits per heavy atom. The second-order valence-corrected chi connectivity index (χ2v) is 23.9. The normalized spacial score (nSPS) is 17.5. The van der Waals surface area contributed by atoms with Gasteiger partial charge in [0, 0.05) is 0 Å². The van der Waals surface area contributed by atoms with Crippen LogP contribution in [0, 0.1) is 0 Å². The topological polar surface area (TPSA) is 615 Å². The van der Waals surface area contributed by atoms with E-state index in [1.165, 1.54) is 6.08 Å². The number of aliphatic hydroxyl groups excluding tert-OH is 21. The molecular formula is C71H158N10O22. The van der Waals surface area contributed by atoms with Crippen LogP contribution in [0.2, 0.25) is 0 Å². The number of nitrogens with one attached hydrogen (secondary N) is 3. The van der Waals surface area contributed by atoms with Crippen LogP contribution in [0.15, 0.2) is 72.9 Å². The number of rotatable bonds is 43. The molecule has 0 saturated heterocycles. The summed E-state index contributed by atoms with van der Waals surface area (Å²) in [6, 6.07) is -4.26. The lowest BCUT2D eigenvalue weighted by Crippen LogP contribution is -2.46. The number of allylic oxidation sites excluding steroid dienone is 7. The number of hydrogen-bond acceptors (Lipinski definition) is 32. The third-order valence-electron chi connectivity index (χ3n) is 14.7. The number of nitrogens with two attached hydrogens (primary N) is 5. The Labute approximate surface area is 619 Å². The molecule has 0 aromatic heterocycles. The van der Waals surface area contributed by atoms with Gasteiger partial charge in [-0.1, -0.05) is 121 Å². The molecule has 0 bridgehead atoms. The number of carbonyl (C=O) groups excluding carboxylic acids is 1. The molecule has 34 N–H and O–H groups in total. The van der Waals surface area contributed by atoms with E-state index >= 15 is 0 Å². The fraction of sp³-hybridized carbons (Fsp3) is 0.817. The molecule has 0 aliphatic rings. The van der Waals surface area contributed by atoms with Crippen LogP contribution in [-0.2, 0) is 4.79 Å². The van der Waals surface area contributed by atoms with Crippen LogP contribution >= 0.6 is 0 Å². The fourth-order valence-corrected chi connectivity index (χ4v) is 7.44. The largest absolute Gasteiger partial charge is 0.395 e. The van der Waals surface area contributed by atoms with Crippen molar-refractivity contribution in [1.29, 1.82) is 0 Å². The number of likely N-dealkylation sites (N-methyl/N-ethyl adjacent to an activating group) is 5. The van der Waals surface area contributed by atoms with Crippen molar-refractivity contribution in [2.45, 2.75) is 261 Å². The van der Waals surface area contributed by atoms with Crippen LogP contribution in [0.25, 0.3) is 0 Å².